The first-order valence-corrected chi connectivity index (χ1v) is 9.12. The molecule has 0 radical (unpaired) electrons. The summed E-state index contributed by atoms with van der Waals surface area (Å²) < 4.78 is 44.8. The van der Waals surface area contributed by atoms with Crippen LogP contribution in [0.1, 0.15) is 22.9 Å². The van der Waals surface area contributed by atoms with Crippen LogP contribution in [0.15, 0.2) is 77.0 Å². The van der Waals surface area contributed by atoms with Crippen LogP contribution in [0, 0.1) is 0 Å². The first-order valence-electron chi connectivity index (χ1n) is 8.74. The Morgan fingerprint density at radius 1 is 1.03 bits per heavy atom. The Hall–Kier alpha value is -2.90. The zero-order chi connectivity index (χ0) is 20.6. The fourth-order valence-corrected chi connectivity index (χ4v) is 3.32. The molecule has 0 fully saturated rings. The van der Waals surface area contributed by atoms with E-state index in [1.165, 1.54) is 6.07 Å². The Morgan fingerprint density at radius 2 is 1.83 bits per heavy atom. The molecule has 1 atom stereocenters. The Labute approximate surface area is 169 Å². The van der Waals surface area contributed by atoms with Gasteiger partial charge in [0.25, 0.3) is 0 Å². The molecule has 2 N–H and O–H groups in total. The molecule has 4 rings (SSSR count). The van der Waals surface area contributed by atoms with E-state index >= 15 is 0 Å². The fraction of sp³-hybridized carbons (Fsp3) is 0.143. The number of hydrogen-bond donors (Lipinski definition) is 1. The van der Waals surface area contributed by atoms with Crippen LogP contribution in [0.25, 0.3) is 11.3 Å². The van der Waals surface area contributed by atoms with E-state index in [1.54, 1.807) is 35.4 Å². The van der Waals surface area contributed by atoms with Crippen LogP contribution in [0.2, 0.25) is 5.02 Å². The Kier molecular flexibility index (Phi) is 5.02. The highest BCUT2D eigenvalue weighted by atomic mass is 35.5. The van der Waals surface area contributed by atoms with Crippen LogP contribution >= 0.6 is 11.6 Å². The number of nitrogens with zero attached hydrogens (tertiary/aromatic N) is 1. The lowest BCUT2D eigenvalue weighted by Crippen LogP contribution is -2.23. The lowest BCUT2D eigenvalue weighted by Gasteiger charge is -2.21. The molecule has 2 aromatic carbocycles. The van der Waals surface area contributed by atoms with E-state index in [4.69, 9.17) is 26.6 Å². The van der Waals surface area contributed by atoms with Crippen molar-refractivity contribution < 1.29 is 22.4 Å². The average Bonchev–Trinajstić information content (AvgIpc) is 3.30. The first-order chi connectivity index (χ1) is 13.8. The smallest absolute Gasteiger partial charge is 0.416 e. The van der Waals surface area contributed by atoms with Gasteiger partial charge in [-0.2, -0.15) is 13.2 Å². The second kappa shape index (κ2) is 7.50. The summed E-state index contributed by atoms with van der Waals surface area (Å²) in [4.78, 5) is 5.57. The third kappa shape index (κ3) is 4.11. The molecule has 2 heterocycles. The lowest BCUT2D eigenvalue weighted by molar-refractivity contribution is -0.137. The van der Waals surface area contributed by atoms with Gasteiger partial charge in [-0.15, -0.1) is 5.06 Å². The normalized spacial score (nSPS) is 17.2. The van der Waals surface area contributed by atoms with E-state index in [1.807, 2.05) is 18.2 Å². The van der Waals surface area contributed by atoms with Crippen LogP contribution in [-0.4, -0.2) is 5.06 Å². The van der Waals surface area contributed by atoms with Crippen LogP contribution in [-0.2, 0) is 17.6 Å². The largest absolute Gasteiger partial charge is 0.459 e. The van der Waals surface area contributed by atoms with Crippen molar-refractivity contribution in [3.8, 4) is 11.3 Å². The van der Waals surface area contributed by atoms with E-state index in [2.05, 4.69) is 0 Å². The van der Waals surface area contributed by atoms with Gasteiger partial charge in [-0.25, -0.2) is 0 Å². The molecule has 0 bridgehead atoms. The summed E-state index contributed by atoms with van der Waals surface area (Å²) in [6.07, 6.45) is -2.75. The molecule has 1 aromatic heterocycles. The molecule has 0 spiro atoms. The molecule has 0 aliphatic carbocycles. The minimum Gasteiger partial charge on any atom is -0.459 e. The van der Waals surface area contributed by atoms with Gasteiger partial charge >= 0.3 is 6.18 Å². The predicted octanol–water partition coefficient (Wildman–Crippen LogP) is 5.91. The minimum absolute atomic E-state index is 0.207. The van der Waals surface area contributed by atoms with Crippen LogP contribution in [0.4, 0.5) is 13.2 Å². The average molecular weight is 421 g/mol. The molecule has 0 amide bonds. The summed E-state index contributed by atoms with van der Waals surface area (Å²) in [5.74, 6) is 1.02. The van der Waals surface area contributed by atoms with Crippen molar-refractivity contribution in [3.63, 3.8) is 0 Å². The SMILES string of the molecule is NC1=CC(c2ccc(-c3cccc(C(F)(F)F)c3)o2)N(Cc2ccccc2Cl)O1. The molecule has 1 aliphatic heterocycles. The number of rotatable bonds is 4. The quantitative estimate of drug-likeness (QED) is 0.570. The van der Waals surface area contributed by atoms with Crippen LogP contribution < -0.4 is 5.73 Å². The first kappa shape index (κ1) is 19.4. The number of halogens is 4. The number of benzene rings is 2. The van der Waals surface area contributed by atoms with Crippen molar-refractivity contribution in [2.45, 2.75) is 18.8 Å². The van der Waals surface area contributed by atoms with Gasteiger partial charge in [-0.05, 0) is 35.9 Å². The van der Waals surface area contributed by atoms with Crippen molar-refractivity contribution in [2.24, 2.45) is 5.73 Å². The van der Waals surface area contributed by atoms with Crippen molar-refractivity contribution >= 4 is 11.6 Å². The molecule has 8 heteroatoms. The monoisotopic (exact) mass is 420 g/mol. The third-order valence-corrected chi connectivity index (χ3v) is 4.90. The zero-order valence-corrected chi connectivity index (χ0v) is 15.7. The lowest BCUT2D eigenvalue weighted by atomic mass is 10.1. The van der Waals surface area contributed by atoms with Gasteiger partial charge < -0.3 is 15.0 Å². The summed E-state index contributed by atoms with van der Waals surface area (Å²) >= 11 is 6.22. The van der Waals surface area contributed by atoms with Gasteiger partial charge in [0.2, 0.25) is 5.88 Å². The number of nitrogens with two attached hydrogens (primary N) is 1. The summed E-state index contributed by atoms with van der Waals surface area (Å²) in [5, 5.41) is 2.19. The highest BCUT2D eigenvalue weighted by molar-refractivity contribution is 6.31. The van der Waals surface area contributed by atoms with Gasteiger partial charge in [-0.1, -0.05) is 41.9 Å². The maximum Gasteiger partial charge on any atom is 0.416 e. The topological polar surface area (TPSA) is 51.6 Å². The van der Waals surface area contributed by atoms with Gasteiger partial charge in [0.05, 0.1) is 12.1 Å². The number of furan rings is 1. The predicted molar refractivity (Wildman–Crippen MR) is 102 cm³/mol. The molecule has 29 heavy (non-hydrogen) atoms. The summed E-state index contributed by atoms with van der Waals surface area (Å²) in [7, 11) is 0. The molecular weight excluding hydrogens is 405 g/mol. The van der Waals surface area contributed by atoms with Crippen molar-refractivity contribution in [2.75, 3.05) is 0 Å². The number of hydroxylamine groups is 2. The van der Waals surface area contributed by atoms with E-state index in [0.29, 0.717) is 28.7 Å². The van der Waals surface area contributed by atoms with Gasteiger partial charge in [0.15, 0.2) is 0 Å². The Balaban J connectivity index is 1.60. The van der Waals surface area contributed by atoms with E-state index in [9.17, 15) is 13.2 Å². The summed E-state index contributed by atoms with van der Waals surface area (Å²) in [6.45, 7) is 0.348. The molecule has 3 aromatic rings. The van der Waals surface area contributed by atoms with E-state index in [0.717, 1.165) is 17.7 Å². The fourth-order valence-electron chi connectivity index (χ4n) is 3.13. The van der Waals surface area contributed by atoms with Gasteiger partial charge in [0.1, 0.15) is 17.6 Å². The molecule has 1 aliphatic rings. The molecule has 0 saturated carbocycles. The molecule has 150 valence electrons. The van der Waals surface area contributed by atoms with E-state index in [-0.39, 0.29) is 5.88 Å². The highest BCUT2D eigenvalue weighted by Crippen LogP contribution is 2.37. The maximum absolute atomic E-state index is 13.0. The standard InChI is InChI=1S/C21H16ClF3N2O2/c22-16-7-2-1-4-14(16)12-27-17(11-20(26)29-27)19-9-8-18(28-19)13-5-3-6-15(10-13)21(23,24)25/h1-11,17H,12,26H2. The van der Waals surface area contributed by atoms with Crippen molar-refractivity contribution in [1.82, 2.24) is 5.06 Å². The molecular formula is C21H16ClF3N2O2. The highest BCUT2D eigenvalue weighted by Gasteiger charge is 2.32. The second-order valence-electron chi connectivity index (χ2n) is 6.55. The van der Waals surface area contributed by atoms with Crippen LogP contribution in [0.3, 0.4) is 0 Å². The molecule has 0 saturated heterocycles. The number of hydrogen-bond acceptors (Lipinski definition) is 4. The maximum atomic E-state index is 13.0. The van der Waals surface area contributed by atoms with Crippen molar-refractivity contribution in [1.29, 1.82) is 0 Å². The van der Waals surface area contributed by atoms with Gasteiger partial charge in [0, 0.05) is 16.7 Å². The number of alkyl halides is 3. The zero-order valence-electron chi connectivity index (χ0n) is 15.0. The van der Waals surface area contributed by atoms with Gasteiger partial charge in [-0.3, -0.25) is 0 Å². The third-order valence-electron chi connectivity index (χ3n) is 4.53. The minimum atomic E-state index is -4.42. The molecule has 1 unspecified atom stereocenters. The summed E-state index contributed by atoms with van der Waals surface area (Å²) in [5.41, 5.74) is 6.27. The Morgan fingerprint density at radius 3 is 2.59 bits per heavy atom. The summed E-state index contributed by atoms with van der Waals surface area (Å²) in [6, 6.07) is 15.2. The Bertz CT molecular complexity index is 1060. The molecule has 4 nitrogen and oxygen atoms in total. The second-order valence-corrected chi connectivity index (χ2v) is 6.96. The van der Waals surface area contributed by atoms with E-state index < -0.39 is 17.8 Å². The van der Waals surface area contributed by atoms with Crippen LogP contribution in [0.5, 0.6) is 0 Å². The van der Waals surface area contributed by atoms with Crippen molar-refractivity contribution in [3.05, 3.63) is 94.5 Å².